The van der Waals surface area contributed by atoms with Gasteiger partial charge < -0.3 is 13.9 Å². The highest BCUT2D eigenvalue weighted by Gasteiger charge is 2.64. The molecular formula is C35H45F3O5. The molecule has 0 saturated heterocycles. The summed E-state index contributed by atoms with van der Waals surface area (Å²) in [6.07, 6.45) is 7.47. The lowest BCUT2D eigenvalue weighted by atomic mass is 9.92. The van der Waals surface area contributed by atoms with E-state index in [0.29, 0.717) is 24.3 Å². The van der Waals surface area contributed by atoms with Crippen LogP contribution >= 0.6 is 0 Å². The second-order valence-corrected chi connectivity index (χ2v) is 11.5. The zero-order chi connectivity index (χ0) is 32.0. The summed E-state index contributed by atoms with van der Waals surface area (Å²) in [5, 5.41) is 0. The molecule has 43 heavy (non-hydrogen) atoms. The Morgan fingerprint density at radius 3 is 2.05 bits per heavy atom. The average Bonchev–Trinajstić information content (AvgIpc) is 3.46. The number of esters is 1. The van der Waals surface area contributed by atoms with Crippen molar-refractivity contribution in [2.45, 2.75) is 97.4 Å². The summed E-state index contributed by atoms with van der Waals surface area (Å²) in [4.78, 5) is 25.2. The third kappa shape index (κ3) is 11.0. The van der Waals surface area contributed by atoms with Crippen molar-refractivity contribution < 1.29 is 36.7 Å². The molecule has 0 aliphatic rings. The Labute approximate surface area is 253 Å². The average molecular weight is 603 g/mol. The molecule has 2 atom stereocenters. The molecule has 2 rings (SSSR count). The standard InChI is InChI=1S/C35H45F3O5/c1-25(2)22-31(39)23-28(5)15-11-13-26(3)12-10-14-27(4)18-19-32(29-20-21-42-24-29)43-33(40)34(41-6,35(36,37)38)30-16-8-7-9-17-30/h7-9,12,15-18,20-21,24-25,32H,10-11,13-14,19,22-23H2,1-6H3/b26-12+,27-18+,28-15+/t32-,34+/m0/s1. The first kappa shape index (κ1) is 35.8. The number of halogens is 3. The summed E-state index contributed by atoms with van der Waals surface area (Å²) in [5.74, 6) is -0.894. The number of methoxy groups -OCH3 is 1. The number of alkyl halides is 3. The van der Waals surface area contributed by atoms with Crippen molar-refractivity contribution in [2.24, 2.45) is 5.92 Å². The number of rotatable bonds is 17. The zero-order valence-corrected chi connectivity index (χ0v) is 26.1. The number of allylic oxidation sites excluding steroid dienone is 5. The van der Waals surface area contributed by atoms with Gasteiger partial charge in [-0.25, -0.2) is 4.79 Å². The minimum Gasteiger partial charge on any atom is -0.472 e. The van der Waals surface area contributed by atoms with Crippen LogP contribution in [0.2, 0.25) is 0 Å². The maximum Gasteiger partial charge on any atom is 0.432 e. The van der Waals surface area contributed by atoms with Gasteiger partial charge in [-0.05, 0) is 58.4 Å². The molecule has 0 unspecified atom stereocenters. The van der Waals surface area contributed by atoms with Gasteiger partial charge in [-0.15, -0.1) is 0 Å². The first-order valence-corrected chi connectivity index (χ1v) is 14.7. The number of ether oxygens (including phenoxy) is 2. The van der Waals surface area contributed by atoms with Crippen LogP contribution in [0.15, 0.2) is 88.3 Å². The molecule has 8 heteroatoms. The van der Waals surface area contributed by atoms with Crippen molar-refractivity contribution in [3.63, 3.8) is 0 Å². The lowest BCUT2D eigenvalue weighted by Gasteiger charge is -2.33. The Kier molecular flexibility index (Phi) is 14.2. The fraction of sp³-hybridized carbons (Fsp3) is 0.486. The molecule has 0 saturated carbocycles. The molecule has 0 fully saturated rings. The van der Waals surface area contributed by atoms with E-state index in [2.05, 4.69) is 19.1 Å². The number of furan rings is 1. The Balaban J connectivity index is 2.03. The molecule has 1 heterocycles. The summed E-state index contributed by atoms with van der Waals surface area (Å²) < 4.78 is 58.6. The van der Waals surface area contributed by atoms with Gasteiger partial charge in [0.1, 0.15) is 11.9 Å². The minimum atomic E-state index is -5.06. The van der Waals surface area contributed by atoms with Gasteiger partial charge in [0.25, 0.3) is 5.60 Å². The summed E-state index contributed by atoms with van der Waals surface area (Å²) in [5.41, 5.74) is 0.188. The Hall–Kier alpha value is -3.39. The minimum absolute atomic E-state index is 0.172. The van der Waals surface area contributed by atoms with Crippen molar-refractivity contribution in [1.29, 1.82) is 0 Å². The molecule has 1 aromatic heterocycles. The maximum atomic E-state index is 14.4. The molecular weight excluding hydrogens is 557 g/mol. The van der Waals surface area contributed by atoms with Gasteiger partial charge in [-0.2, -0.15) is 13.2 Å². The summed E-state index contributed by atoms with van der Waals surface area (Å²) >= 11 is 0. The Morgan fingerprint density at radius 2 is 1.51 bits per heavy atom. The third-order valence-corrected chi connectivity index (χ3v) is 7.19. The third-order valence-electron chi connectivity index (χ3n) is 7.19. The van der Waals surface area contributed by atoms with Gasteiger partial charge in [-0.1, -0.05) is 79.1 Å². The number of Topliss-reactive ketones (excluding diaryl/α,β-unsaturated/α-hetero) is 1. The van der Waals surface area contributed by atoms with E-state index < -0.39 is 23.9 Å². The van der Waals surface area contributed by atoms with E-state index in [0.717, 1.165) is 43.9 Å². The van der Waals surface area contributed by atoms with E-state index in [1.807, 2.05) is 33.8 Å². The molecule has 0 amide bonds. The number of carbonyl (C=O) groups is 2. The van der Waals surface area contributed by atoms with Crippen LogP contribution in [0.5, 0.6) is 0 Å². The summed E-state index contributed by atoms with van der Waals surface area (Å²) in [7, 11) is 0.848. The van der Waals surface area contributed by atoms with Crippen molar-refractivity contribution in [3.05, 3.63) is 95.0 Å². The Morgan fingerprint density at radius 1 is 0.907 bits per heavy atom. The fourth-order valence-corrected chi connectivity index (χ4v) is 4.83. The van der Waals surface area contributed by atoms with Gasteiger partial charge in [0.15, 0.2) is 0 Å². The van der Waals surface area contributed by atoms with Gasteiger partial charge >= 0.3 is 12.1 Å². The van der Waals surface area contributed by atoms with E-state index in [1.165, 1.54) is 42.4 Å². The molecule has 0 N–H and O–H groups in total. The maximum absolute atomic E-state index is 14.4. The highest BCUT2D eigenvalue weighted by molar-refractivity contribution is 5.83. The molecule has 0 spiro atoms. The van der Waals surface area contributed by atoms with Gasteiger partial charge in [0, 0.05) is 37.5 Å². The van der Waals surface area contributed by atoms with Gasteiger partial charge in [0.05, 0.1) is 12.5 Å². The van der Waals surface area contributed by atoms with Crippen LogP contribution in [0.25, 0.3) is 0 Å². The molecule has 0 aliphatic carbocycles. The van der Waals surface area contributed by atoms with Crippen molar-refractivity contribution in [3.8, 4) is 0 Å². The number of hydrogen-bond acceptors (Lipinski definition) is 5. The second kappa shape index (κ2) is 17.0. The van der Waals surface area contributed by atoms with Crippen LogP contribution in [-0.2, 0) is 24.7 Å². The van der Waals surface area contributed by atoms with Crippen LogP contribution in [0.1, 0.15) is 96.8 Å². The van der Waals surface area contributed by atoms with Crippen LogP contribution in [-0.4, -0.2) is 25.0 Å². The monoisotopic (exact) mass is 602 g/mol. The molecule has 0 aliphatic heterocycles. The van der Waals surface area contributed by atoms with E-state index in [1.54, 1.807) is 12.1 Å². The smallest absolute Gasteiger partial charge is 0.432 e. The van der Waals surface area contributed by atoms with E-state index in [9.17, 15) is 22.8 Å². The fourth-order valence-electron chi connectivity index (χ4n) is 4.83. The predicted octanol–water partition coefficient (Wildman–Crippen LogP) is 9.76. The Bertz CT molecular complexity index is 1240. The SMILES string of the molecule is CO[C@@](C(=O)O[C@@H](C/C=C(\C)CC/C=C(\C)CC/C=C(\C)CC(=O)CC(C)C)c1ccoc1)(c1ccccc1)C(F)(F)F. The van der Waals surface area contributed by atoms with Crippen LogP contribution in [0.4, 0.5) is 13.2 Å². The molecule has 2 aromatic rings. The molecule has 1 aromatic carbocycles. The lowest BCUT2D eigenvalue weighted by molar-refractivity contribution is -0.278. The van der Waals surface area contributed by atoms with Gasteiger partial charge in [-0.3, -0.25) is 4.79 Å². The van der Waals surface area contributed by atoms with Gasteiger partial charge in [0.2, 0.25) is 0 Å². The number of hydrogen-bond donors (Lipinski definition) is 0. The highest BCUT2D eigenvalue weighted by atomic mass is 19.4. The number of benzene rings is 1. The van der Waals surface area contributed by atoms with E-state index >= 15 is 0 Å². The predicted molar refractivity (Wildman–Crippen MR) is 162 cm³/mol. The molecule has 5 nitrogen and oxygen atoms in total. The van der Waals surface area contributed by atoms with Crippen molar-refractivity contribution >= 4 is 11.8 Å². The van der Waals surface area contributed by atoms with E-state index in [4.69, 9.17) is 13.9 Å². The molecule has 0 radical (unpaired) electrons. The van der Waals surface area contributed by atoms with Crippen molar-refractivity contribution in [2.75, 3.05) is 7.11 Å². The zero-order valence-electron chi connectivity index (χ0n) is 26.1. The van der Waals surface area contributed by atoms with E-state index in [-0.39, 0.29) is 17.8 Å². The topological polar surface area (TPSA) is 65.7 Å². The normalized spacial score (nSPS) is 15.3. The molecule has 236 valence electrons. The van der Waals surface area contributed by atoms with Crippen molar-refractivity contribution in [1.82, 2.24) is 0 Å². The summed E-state index contributed by atoms with van der Waals surface area (Å²) in [6, 6.07) is 8.32. The number of ketones is 1. The number of carbonyl (C=O) groups excluding carboxylic acids is 2. The first-order valence-electron chi connectivity index (χ1n) is 14.7. The van der Waals surface area contributed by atoms with Crippen LogP contribution in [0, 0.1) is 5.92 Å². The summed E-state index contributed by atoms with van der Waals surface area (Å²) in [6.45, 7) is 10.1. The molecule has 0 bridgehead atoms. The second-order valence-electron chi connectivity index (χ2n) is 11.5. The quantitative estimate of drug-likeness (QED) is 0.133. The highest BCUT2D eigenvalue weighted by Crippen LogP contribution is 2.44. The van der Waals surface area contributed by atoms with Crippen LogP contribution in [0.3, 0.4) is 0 Å². The largest absolute Gasteiger partial charge is 0.472 e. The lowest BCUT2D eigenvalue weighted by Crippen LogP contribution is -2.52. The van der Waals surface area contributed by atoms with Crippen LogP contribution < -0.4 is 0 Å². The first-order chi connectivity index (χ1) is 20.3.